The molecule has 3 rings (SSSR count). The van der Waals surface area contributed by atoms with Crippen LogP contribution in [0, 0.1) is 0 Å². The third-order valence-corrected chi connectivity index (χ3v) is 4.30. The van der Waals surface area contributed by atoms with Gasteiger partial charge in [0.2, 0.25) is 0 Å². The lowest BCUT2D eigenvalue weighted by Gasteiger charge is -2.13. The zero-order chi connectivity index (χ0) is 15.0. The normalized spacial score (nSPS) is 11.0. The molecular weight excluding hydrogens is 375 g/mol. The van der Waals surface area contributed by atoms with Crippen LogP contribution in [-0.4, -0.2) is 11.3 Å². The molecule has 0 saturated heterocycles. The van der Waals surface area contributed by atoms with E-state index < -0.39 is 0 Å². The van der Waals surface area contributed by atoms with Gasteiger partial charge in [-0.05, 0) is 23.6 Å². The van der Waals surface area contributed by atoms with Crippen LogP contribution in [0.4, 0.5) is 0 Å². The van der Waals surface area contributed by atoms with Crippen molar-refractivity contribution in [1.29, 1.82) is 0 Å². The zero-order valence-electron chi connectivity index (χ0n) is 10.7. The Morgan fingerprint density at radius 2 is 1.76 bits per heavy atom. The van der Waals surface area contributed by atoms with Crippen molar-refractivity contribution >= 4 is 66.6 Å². The van der Waals surface area contributed by atoms with Gasteiger partial charge in [0.05, 0.1) is 5.02 Å². The van der Waals surface area contributed by atoms with Gasteiger partial charge in [-0.1, -0.05) is 63.4 Å². The number of alkyl halides is 1. The molecule has 3 aromatic carbocycles. The van der Waals surface area contributed by atoms with E-state index in [0.717, 1.165) is 16.2 Å². The molecule has 0 heterocycles. The molecular formula is C16H9BrCl2O2. The van der Waals surface area contributed by atoms with Crippen LogP contribution in [0.2, 0.25) is 10.0 Å². The van der Waals surface area contributed by atoms with Crippen molar-refractivity contribution in [3.05, 3.63) is 52.5 Å². The number of benzene rings is 3. The summed E-state index contributed by atoms with van der Waals surface area (Å²) >= 11 is 15.6. The van der Waals surface area contributed by atoms with Gasteiger partial charge in [0, 0.05) is 21.2 Å². The number of fused-ring (bicyclic) bond motifs is 2. The van der Waals surface area contributed by atoms with E-state index >= 15 is 0 Å². The van der Waals surface area contributed by atoms with E-state index in [4.69, 9.17) is 27.9 Å². The van der Waals surface area contributed by atoms with Gasteiger partial charge in [0.25, 0.3) is 0 Å². The summed E-state index contributed by atoms with van der Waals surface area (Å²) in [6, 6.07) is 13.0. The summed E-state index contributed by atoms with van der Waals surface area (Å²) in [5, 5.41) is 4.42. The van der Waals surface area contributed by atoms with E-state index in [1.54, 1.807) is 12.1 Å². The van der Waals surface area contributed by atoms with E-state index in [1.807, 2.05) is 30.3 Å². The van der Waals surface area contributed by atoms with E-state index in [-0.39, 0.29) is 11.3 Å². The second kappa shape index (κ2) is 5.84. The SMILES string of the molecule is O=C(CBr)Oc1c2cccc(Cl)c2cc2cccc(Cl)c12. The minimum Gasteiger partial charge on any atom is -0.425 e. The lowest BCUT2D eigenvalue weighted by molar-refractivity contribution is -0.131. The second-order valence-corrected chi connectivity index (χ2v) is 5.86. The standard InChI is InChI=1S/C16H9BrCl2O2/c17-8-14(20)21-16-10-4-2-5-12(18)11(10)7-9-3-1-6-13(19)15(9)16/h1-7H,8H2. The fourth-order valence-corrected chi connectivity index (χ4v) is 2.93. The summed E-state index contributed by atoms with van der Waals surface area (Å²) in [4.78, 5) is 11.7. The first-order valence-corrected chi connectivity index (χ1v) is 8.05. The van der Waals surface area contributed by atoms with Crippen molar-refractivity contribution in [1.82, 2.24) is 0 Å². The lowest BCUT2D eigenvalue weighted by atomic mass is 10.0. The molecule has 0 unspecified atom stereocenters. The molecule has 106 valence electrons. The lowest BCUT2D eigenvalue weighted by Crippen LogP contribution is -2.09. The average Bonchev–Trinajstić information content (AvgIpc) is 2.48. The molecule has 0 aromatic heterocycles. The molecule has 0 aliphatic carbocycles. The molecule has 0 fully saturated rings. The fourth-order valence-electron chi connectivity index (χ4n) is 2.32. The van der Waals surface area contributed by atoms with Gasteiger partial charge in [-0.15, -0.1) is 0 Å². The largest absolute Gasteiger partial charge is 0.425 e. The van der Waals surface area contributed by atoms with Crippen LogP contribution >= 0.6 is 39.1 Å². The first-order chi connectivity index (χ1) is 10.1. The quantitative estimate of drug-likeness (QED) is 0.249. The van der Waals surface area contributed by atoms with Crippen LogP contribution < -0.4 is 4.74 Å². The molecule has 3 aromatic rings. The molecule has 0 aliphatic rings. The van der Waals surface area contributed by atoms with Gasteiger partial charge >= 0.3 is 5.97 Å². The van der Waals surface area contributed by atoms with Gasteiger partial charge in [-0.25, -0.2) is 0 Å². The van der Waals surface area contributed by atoms with Crippen LogP contribution in [0.5, 0.6) is 5.75 Å². The van der Waals surface area contributed by atoms with Crippen LogP contribution in [0.3, 0.4) is 0 Å². The van der Waals surface area contributed by atoms with E-state index in [0.29, 0.717) is 21.2 Å². The van der Waals surface area contributed by atoms with E-state index in [9.17, 15) is 4.79 Å². The third kappa shape index (κ3) is 2.61. The zero-order valence-corrected chi connectivity index (χ0v) is 13.8. The monoisotopic (exact) mass is 382 g/mol. The number of carbonyl (C=O) groups excluding carboxylic acids is 1. The molecule has 2 nitrogen and oxygen atoms in total. The molecule has 0 spiro atoms. The summed E-state index contributed by atoms with van der Waals surface area (Å²) in [6.45, 7) is 0. The Kier molecular flexibility index (Phi) is 4.07. The molecule has 0 atom stereocenters. The Morgan fingerprint density at radius 3 is 2.52 bits per heavy atom. The van der Waals surface area contributed by atoms with Crippen molar-refractivity contribution in [2.45, 2.75) is 0 Å². The molecule has 0 aliphatic heterocycles. The number of rotatable bonds is 2. The Bertz CT molecular complexity index is 862. The molecule has 0 N–H and O–H groups in total. The van der Waals surface area contributed by atoms with Gasteiger partial charge in [0.1, 0.15) is 11.1 Å². The summed E-state index contributed by atoms with van der Waals surface area (Å²) in [6.07, 6.45) is 0. The average molecular weight is 384 g/mol. The Balaban J connectivity index is 2.46. The van der Waals surface area contributed by atoms with Crippen LogP contribution in [0.1, 0.15) is 0 Å². The highest BCUT2D eigenvalue weighted by atomic mass is 79.9. The molecule has 0 radical (unpaired) electrons. The number of esters is 1. The number of ether oxygens (including phenoxy) is 1. The first kappa shape index (κ1) is 14.6. The maximum Gasteiger partial charge on any atom is 0.321 e. The Hall–Kier alpha value is -1.29. The minimum absolute atomic E-state index is 0.107. The van der Waals surface area contributed by atoms with E-state index in [1.165, 1.54) is 0 Å². The summed E-state index contributed by atoms with van der Waals surface area (Å²) in [5.74, 6) is 0.0590. The first-order valence-electron chi connectivity index (χ1n) is 6.18. The predicted octanol–water partition coefficient (Wildman–Crippen LogP) is 5.60. The number of hydrogen-bond acceptors (Lipinski definition) is 2. The Labute approximate surface area is 139 Å². The molecule has 0 saturated carbocycles. The number of halogens is 3. The van der Waals surface area contributed by atoms with Crippen molar-refractivity contribution in [3.8, 4) is 5.75 Å². The Morgan fingerprint density at radius 1 is 1.05 bits per heavy atom. The minimum atomic E-state index is -0.385. The summed E-state index contributed by atoms with van der Waals surface area (Å²) in [5.41, 5.74) is 0. The molecule has 5 heteroatoms. The third-order valence-electron chi connectivity index (χ3n) is 3.20. The second-order valence-electron chi connectivity index (χ2n) is 4.49. The molecule has 0 amide bonds. The van der Waals surface area contributed by atoms with Gasteiger partial charge < -0.3 is 4.74 Å². The summed E-state index contributed by atoms with van der Waals surface area (Å²) in [7, 11) is 0. The topological polar surface area (TPSA) is 26.3 Å². The number of hydrogen-bond donors (Lipinski definition) is 0. The van der Waals surface area contributed by atoms with Crippen molar-refractivity contribution < 1.29 is 9.53 Å². The van der Waals surface area contributed by atoms with Crippen LogP contribution in [0.15, 0.2) is 42.5 Å². The van der Waals surface area contributed by atoms with Crippen molar-refractivity contribution in [2.75, 3.05) is 5.33 Å². The highest BCUT2D eigenvalue weighted by Crippen LogP contribution is 2.40. The smallest absolute Gasteiger partial charge is 0.321 e. The maximum atomic E-state index is 11.7. The van der Waals surface area contributed by atoms with Gasteiger partial charge in [-0.3, -0.25) is 4.79 Å². The predicted molar refractivity (Wildman–Crippen MR) is 90.9 cm³/mol. The van der Waals surface area contributed by atoms with Crippen molar-refractivity contribution in [3.63, 3.8) is 0 Å². The molecule has 21 heavy (non-hydrogen) atoms. The molecule has 0 bridgehead atoms. The van der Waals surface area contributed by atoms with Gasteiger partial charge in [-0.2, -0.15) is 0 Å². The maximum absolute atomic E-state index is 11.7. The van der Waals surface area contributed by atoms with Crippen LogP contribution in [0.25, 0.3) is 21.5 Å². The van der Waals surface area contributed by atoms with Crippen LogP contribution in [-0.2, 0) is 4.79 Å². The summed E-state index contributed by atoms with van der Waals surface area (Å²) < 4.78 is 5.50. The number of carbonyl (C=O) groups is 1. The van der Waals surface area contributed by atoms with Crippen molar-refractivity contribution in [2.24, 2.45) is 0 Å². The highest BCUT2D eigenvalue weighted by Gasteiger charge is 2.15. The fraction of sp³-hybridized carbons (Fsp3) is 0.0625. The van der Waals surface area contributed by atoms with E-state index in [2.05, 4.69) is 15.9 Å². The van der Waals surface area contributed by atoms with Gasteiger partial charge in [0.15, 0.2) is 0 Å². The highest BCUT2D eigenvalue weighted by molar-refractivity contribution is 9.09.